The molecule has 1 aromatic rings. The van der Waals surface area contributed by atoms with Crippen molar-refractivity contribution in [3.63, 3.8) is 0 Å². The maximum atomic E-state index is 12.5. The van der Waals surface area contributed by atoms with Crippen LogP contribution in [0.3, 0.4) is 0 Å². The van der Waals surface area contributed by atoms with E-state index < -0.39 is 9.84 Å². The van der Waals surface area contributed by atoms with Crippen molar-refractivity contribution < 1.29 is 13.2 Å². The molecule has 2 aliphatic rings. The molecule has 4 nitrogen and oxygen atoms in total. The Balaban J connectivity index is 1.63. The van der Waals surface area contributed by atoms with Crippen molar-refractivity contribution in [3.05, 3.63) is 46.4 Å². The average molecular weight is 333 g/mol. The number of amides is 1. The quantitative estimate of drug-likeness (QED) is 0.920. The molecule has 1 saturated heterocycles. The number of rotatable bonds is 4. The van der Waals surface area contributed by atoms with E-state index in [9.17, 15) is 13.2 Å². The molecule has 0 spiro atoms. The lowest BCUT2D eigenvalue weighted by atomic mass is 9.79. The van der Waals surface area contributed by atoms with Crippen LogP contribution in [0.25, 0.3) is 0 Å². The Kier molecular flexibility index (Phi) is 4.57. The topological polar surface area (TPSA) is 63.2 Å². The SMILES string of the molecule is CC1=C2C(CCS2(=O)=O)C(C(=O)NCCc2ccccc2)CC1. The molecule has 1 aromatic carbocycles. The Morgan fingerprint density at radius 3 is 2.70 bits per heavy atom. The highest BCUT2D eigenvalue weighted by Crippen LogP contribution is 2.44. The van der Waals surface area contributed by atoms with Crippen LogP contribution in [0.1, 0.15) is 31.7 Å². The van der Waals surface area contributed by atoms with Gasteiger partial charge in [0.15, 0.2) is 9.84 Å². The van der Waals surface area contributed by atoms with Crippen LogP contribution in [-0.4, -0.2) is 26.6 Å². The first-order valence-corrected chi connectivity index (χ1v) is 9.88. The summed E-state index contributed by atoms with van der Waals surface area (Å²) in [4.78, 5) is 13.1. The molecule has 1 heterocycles. The summed E-state index contributed by atoms with van der Waals surface area (Å²) in [6.07, 6.45) is 2.85. The molecule has 1 fully saturated rings. The van der Waals surface area contributed by atoms with Crippen LogP contribution in [-0.2, 0) is 21.1 Å². The molecular weight excluding hydrogens is 310 g/mol. The minimum Gasteiger partial charge on any atom is -0.356 e. The highest BCUT2D eigenvalue weighted by Gasteiger charge is 2.44. The maximum absolute atomic E-state index is 12.5. The van der Waals surface area contributed by atoms with Gasteiger partial charge in [-0.05, 0) is 38.2 Å². The van der Waals surface area contributed by atoms with E-state index >= 15 is 0 Å². The molecule has 2 atom stereocenters. The number of hydrogen-bond donors (Lipinski definition) is 1. The number of nitrogens with one attached hydrogen (secondary N) is 1. The average Bonchev–Trinajstić information content (AvgIpc) is 2.85. The fourth-order valence-electron chi connectivity index (χ4n) is 3.84. The highest BCUT2D eigenvalue weighted by molar-refractivity contribution is 7.95. The lowest BCUT2D eigenvalue weighted by Crippen LogP contribution is -2.37. The van der Waals surface area contributed by atoms with E-state index in [4.69, 9.17) is 0 Å². The minimum absolute atomic E-state index is 0.00744. The van der Waals surface area contributed by atoms with Gasteiger partial charge in [0, 0.05) is 23.3 Å². The molecule has 0 radical (unpaired) electrons. The van der Waals surface area contributed by atoms with Gasteiger partial charge in [-0.2, -0.15) is 0 Å². The van der Waals surface area contributed by atoms with Gasteiger partial charge >= 0.3 is 0 Å². The van der Waals surface area contributed by atoms with E-state index in [1.54, 1.807) is 0 Å². The second-order valence-corrected chi connectivity index (χ2v) is 8.61. The van der Waals surface area contributed by atoms with E-state index in [0.29, 0.717) is 24.3 Å². The highest BCUT2D eigenvalue weighted by atomic mass is 32.2. The lowest BCUT2D eigenvalue weighted by molar-refractivity contribution is -0.126. The van der Waals surface area contributed by atoms with Crippen LogP contribution in [0.4, 0.5) is 0 Å². The van der Waals surface area contributed by atoms with Crippen LogP contribution in [0.15, 0.2) is 40.8 Å². The molecule has 0 aromatic heterocycles. The van der Waals surface area contributed by atoms with Crippen molar-refractivity contribution in [2.24, 2.45) is 11.8 Å². The standard InChI is InChI=1S/C18H23NO3S/c1-13-7-8-16(15-10-12-23(21,22)17(13)15)18(20)19-11-9-14-5-3-2-4-6-14/h2-6,15-16H,7-12H2,1H3,(H,19,20). The number of carbonyl (C=O) groups excluding carboxylic acids is 1. The zero-order valence-corrected chi connectivity index (χ0v) is 14.2. The van der Waals surface area contributed by atoms with Crippen molar-refractivity contribution in [2.45, 2.75) is 32.6 Å². The summed E-state index contributed by atoms with van der Waals surface area (Å²) in [5, 5.41) is 3.00. The summed E-state index contributed by atoms with van der Waals surface area (Å²) in [7, 11) is -3.13. The number of carbonyl (C=O) groups is 1. The fourth-order valence-corrected chi connectivity index (χ4v) is 6.00. The fraction of sp³-hybridized carbons (Fsp3) is 0.500. The Labute approximate surface area is 137 Å². The van der Waals surface area contributed by atoms with Crippen molar-refractivity contribution in [2.75, 3.05) is 12.3 Å². The second kappa shape index (κ2) is 6.48. The Hall–Kier alpha value is -1.62. The molecule has 0 saturated carbocycles. The third-order valence-corrected chi connectivity index (χ3v) is 7.09. The Morgan fingerprint density at radius 2 is 1.96 bits per heavy atom. The molecule has 124 valence electrons. The van der Waals surface area contributed by atoms with Gasteiger partial charge < -0.3 is 5.32 Å². The summed E-state index contributed by atoms with van der Waals surface area (Å²) in [6, 6.07) is 10.0. The van der Waals surface area contributed by atoms with Crippen LogP contribution < -0.4 is 5.32 Å². The van der Waals surface area contributed by atoms with Gasteiger partial charge in [0.1, 0.15) is 0 Å². The van der Waals surface area contributed by atoms with Gasteiger partial charge in [-0.15, -0.1) is 0 Å². The van der Waals surface area contributed by atoms with E-state index in [0.717, 1.165) is 18.4 Å². The molecule has 0 bridgehead atoms. The predicted molar refractivity (Wildman–Crippen MR) is 90.5 cm³/mol. The van der Waals surface area contributed by atoms with Crippen molar-refractivity contribution in [1.29, 1.82) is 0 Å². The van der Waals surface area contributed by atoms with Gasteiger partial charge in [-0.1, -0.05) is 35.9 Å². The third kappa shape index (κ3) is 3.34. The Morgan fingerprint density at radius 1 is 1.22 bits per heavy atom. The monoisotopic (exact) mass is 333 g/mol. The van der Waals surface area contributed by atoms with Gasteiger partial charge in [0.2, 0.25) is 5.91 Å². The summed E-state index contributed by atoms with van der Waals surface area (Å²) in [5.41, 5.74) is 2.15. The summed E-state index contributed by atoms with van der Waals surface area (Å²) in [5.74, 6) is -0.0988. The molecule has 23 heavy (non-hydrogen) atoms. The zero-order valence-electron chi connectivity index (χ0n) is 13.4. The third-order valence-electron chi connectivity index (χ3n) is 5.00. The lowest BCUT2D eigenvalue weighted by Gasteiger charge is -2.28. The molecule has 1 amide bonds. The van der Waals surface area contributed by atoms with Gasteiger partial charge in [0.05, 0.1) is 5.75 Å². The van der Waals surface area contributed by atoms with Crippen molar-refractivity contribution in [3.8, 4) is 0 Å². The molecule has 1 aliphatic carbocycles. The molecule has 2 unspecified atom stereocenters. The van der Waals surface area contributed by atoms with Crippen LogP contribution in [0, 0.1) is 11.8 Å². The number of allylic oxidation sites excluding steroid dienone is 2. The number of sulfone groups is 1. The first-order valence-electron chi connectivity index (χ1n) is 8.23. The predicted octanol–water partition coefficient (Wildman–Crippen LogP) is 2.46. The van der Waals surface area contributed by atoms with Gasteiger partial charge in [-0.25, -0.2) is 8.42 Å². The van der Waals surface area contributed by atoms with Crippen LogP contribution >= 0.6 is 0 Å². The smallest absolute Gasteiger partial charge is 0.223 e. The second-order valence-electron chi connectivity index (χ2n) is 6.53. The van der Waals surface area contributed by atoms with Crippen LogP contribution in [0.5, 0.6) is 0 Å². The van der Waals surface area contributed by atoms with Gasteiger partial charge in [0.25, 0.3) is 0 Å². The first-order chi connectivity index (χ1) is 11.0. The molecule has 5 heteroatoms. The summed E-state index contributed by atoms with van der Waals surface area (Å²) < 4.78 is 24.4. The van der Waals surface area contributed by atoms with Gasteiger partial charge in [-0.3, -0.25) is 4.79 Å². The molecule has 3 rings (SSSR count). The van der Waals surface area contributed by atoms with Crippen LogP contribution in [0.2, 0.25) is 0 Å². The minimum atomic E-state index is -3.13. The number of fused-ring (bicyclic) bond motifs is 1. The Bertz CT molecular complexity index is 722. The summed E-state index contributed by atoms with van der Waals surface area (Å²) >= 11 is 0. The largest absolute Gasteiger partial charge is 0.356 e. The number of hydrogen-bond acceptors (Lipinski definition) is 3. The first kappa shape index (κ1) is 16.2. The van der Waals surface area contributed by atoms with E-state index in [-0.39, 0.29) is 23.5 Å². The van der Waals surface area contributed by atoms with E-state index in [1.807, 2.05) is 37.3 Å². The molecule has 1 N–H and O–H groups in total. The maximum Gasteiger partial charge on any atom is 0.223 e. The molecule has 1 aliphatic heterocycles. The van der Waals surface area contributed by atoms with Crippen molar-refractivity contribution >= 4 is 15.7 Å². The van der Waals surface area contributed by atoms with E-state index in [1.165, 1.54) is 5.56 Å². The van der Waals surface area contributed by atoms with E-state index in [2.05, 4.69) is 5.32 Å². The molecular formula is C18H23NO3S. The number of benzene rings is 1. The van der Waals surface area contributed by atoms with Crippen molar-refractivity contribution in [1.82, 2.24) is 5.32 Å². The zero-order chi connectivity index (χ0) is 16.4. The summed E-state index contributed by atoms with van der Waals surface area (Å²) in [6.45, 7) is 2.49. The normalized spacial score (nSPS) is 26.0.